The molecule has 0 unspecified atom stereocenters. The van der Waals surface area contributed by atoms with E-state index in [2.05, 4.69) is 83.2 Å². The Morgan fingerprint density at radius 2 is 1.54 bits per heavy atom. The molecule has 0 fully saturated rings. The van der Waals surface area contributed by atoms with E-state index in [1.807, 2.05) is 32.3 Å². The van der Waals surface area contributed by atoms with Gasteiger partial charge >= 0.3 is 0 Å². The van der Waals surface area contributed by atoms with Gasteiger partial charge in [0.1, 0.15) is 12.1 Å². The molecule has 1 heterocycles. The van der Waals surface area contributed by atoms with Crippen molar-refractivity contribution in [3.05, 3.63) is 89.7 Å². The van der Waals surface area contributed by atoms with Crippen LogP contribution >= 0.6 is 0 Å². The average molecular weight is 368 g/mol. The molecule has 140 valence electrons. The van der Waals surface area contributed by atoms with E-state index in [0.717, 1.165) is 28.0 Å². The van der Waals surface area contributed by atoms with E-state index in [1.165, 1.54) is 11.1 Å². The summed E-state index contributed by atoms with van der Waals surface area (Å²) in [5, 5.41) is 0. The van der Waals surface area contributed by atoms with Gasteiger partial charge in [-0.05, 0) is 68.3 Å². The van der Waals surface area contributed by atoms with E-state index in [-0.39, 0.29) is 6.10 Å². The van der Waals surface area contributed by atoms with Crippen molar-refractivity contribution in [2.45, 2.75) is 26.9 Å². The van der Waals surface area contributed by atoms with Crippen LogP contribution in [0.4, 0.5) is 0 Å². The second kappa shape index (κ2) is 7.73. The van der Waals surface area contributed by atoms with Gasteiger partial charge in [-0.2, -0.15) is 0 Å². The van der Waals surface area contributed by atoms with Crippen molar-refractivity contribution in [3.63, 3.8) is 0 Å². The number of fused-ring (bicyclic) bond motifs is 1. The van der Waals surface area contributed by atoms with Crippen molar-refractivity contribution in [2.24, 2.45) is 0 Å². The summed E-state index contributed by atoms with van der Waals surface area (Å²) in [5.41, 5.74) is 6.74. The Morgan fingerprint density at radius 1 is 0.857 bits per heavy atom. The maximum Gasteiger partial charge on any atom is 0.119 e. The summed E-state index contributed by atoms with van der Waals surface area (Å²) in [7, 11) is 0. The molecule has 3 heteroatoms. The molecule has 0 aliphatic heterocycles. The first kappa shape index (κ1) is 18.1. The van der Waals surface area contributed by atoms with Crippen LogP contribution in [0.25, 0.3) is 28.9 Å². The highest BCUT2D eigenvalue weighted by atomic mass is 16.5. The molecule has 0 aliphatic rings. The summed E-state index contributed by atoms with van der Waals surface area (Å²) in [5.74, 6) is 0.881. The highest BCUT2D eigenvalue weighted by molar-refractivity contribution is 5.82. The van der Waals surface area contributed by atoms with Crippen molar-refractivity contribution < 1.29 is 4.74 Å². The SMILES string of the molecule is Cc1ccc(/C=C\c2ccc3c(c2)ncn3-c2ccc(OC(C)C)cc2)cc1. The van der Waals surface area contributed by atoms with Gasteiger partial charge in [0.25, 0.3) is 0 Å². The fourth-order valence-corrected chi connectivity index (χ4v) is 3.17. The average Bonchev–Trinajstić information content (AvgIpc) is 3.11. The Labute approximate surface area is 165 Å². The first-order valence-electron chi connectivity index (χ1n) is 9.57. The van der Waals surface area contributed by atoms with Crippen LogP contribution in [0.3, 0.4) is 0 Å². The number of hydrogen-bond acceptors (Lipinski definition) is 2. The first-order chi connectivity index (χ1) is 13.6. The van der Waals surface area contributed by atoms with Gasteiger partial charge in [-0.15, -0.1) is 0 Å². The number of aromatic nitrogens is 2. The van der Waals surface area contributed by atoms with Crippen molar-refractivity contribution in [1.82, 2.24) is 9.55 Å². The van der Waals surface area contributed by atoms with Crippen molar-refractivity contribution >= 4 is 23.2 Å². The summed E-state index contributed by atoms with van der Waals surface area (Å²) in [4.78, 5) is 4.59. The second-order valence-electron chi connectivity index (χ2n) is 7.27. The van der Waals surface area contributed by atoms with Crippen LogP contribution in [0.2, 0.25) is 0 Å². The lowest BCUT2D eigenvalue weighted by molar-refractivity contribution is 0.242. The number of aryl methyl sites for hydroxylation is 1. The monoisotopic (exact) mass is 368 g/mol. The summed E-state index contributed by atoms with van der Waals surface area (Å²) >= 11 is 0. The molecular weight excluding hydrogens is 344 g/mol. The van der Waals surface area contributed by atoms with Crippen LogP contribution < -0.4 is 4.74 Å². The van der Waals surface area contributed by atoms with Gasteiger partial charge in [0, 0.05) is 5.69 Å². The van der Waals surface area contributed by atoms with Crippen molar-refractivity contribution in [1.29, 1.82) is 0 Å². The molecule has 0 aliphatic carbocycles. The second-order valence-corrected chi connectivity index (χ2v) is 7.27. The number of rotatable bonds is 5. The molecule has 0 bridgehead atoms. The van der Waals surface area contributed by atoms with E-state index in [9.17, 15) is 0 Å². The standard InChI is InChI=1S/C25H24N2O/c1-18(2)28-23-13-11-22(12-14-23)27-17-26-24-16-21(10-15-25(24)27)9-8-20-6-4-19(3)5-7-20/h4-18H,1-3H3/b9-8-. The largest absolute Gasteiger partial charge is 0.491 e. The fourth-order valence-electron chi connectivity index (χ4n) is 3.17. The maximum atomic E-state index is 5.73. The lowest BCUT2D eigenvalue weighted by Gasteiger charge is -2.10. The van der Waals surface area contributed by atoms with E-state index in [4.69, 9.17) is 4.74 Å². The molecule has 4 rings (SSSR count). The fraction of sp³-hybridized carbons (Fsp3) is 0.160. The van der Waals surface area contributed by atoms with Crippen LogP contribution in [-0.4, -0.2) is 15.7 Å². The van der Waals surface area contributed by atoms with Gasteiger partial charge in [-0.1, -0.05) is 48.0 Å². The minimum absolute atomic E-state index is 0.173. The van der Waals surface area contributed by atoms with Crippen molar-refractivity contribution in [3.8, 4) is 11.4 Å². The minimum atomic E-state index is 0.173. The first-order valence-corrected chi connectivity index (χ1v) is 9.57. The zero-order valence-electron chi connectivity index (χ0n) is 16.5. The highest BCUT2D eigenvalue weighted by Gasteiger charge is 2.06. The van der Waals surface area contributed by atoms with E-state index in [1.54, 1.807) is 0 Å². The molecule has 28 heavy (non-hydrogen) atoms. The predicted molar refractivity (Wildman–Crippen MR) is 117 cm³/mol. The smallest absolute Gasteiger partial charge is 0.119 e. The van der Waals surface area contributed by atoms with Gasteiger partial charge in [-0.25, -0.2) is 4.98 Å². The van der Waals surface area contributed by atoms with Crippen LogP contribution in [0, 0.1) is 6.92 Å². The van der Waals surface area contributed by atoms with Crippen molar-refractivity contribution in [2.75, 3.05) is 0 Å². The number of imidazole rings is 1. The Morgan fingerprint density at radius 3 is 2.25 bits per heavy atom. The van der Waals surface area contributed by atoms with E-state index < -0.39 is 0 Å². The molecule has 4 aromatic rings. The zero-order chi connectivity index (χ0) is 19.5. The van der Waals surface area contributed by atoms with Crippen LogP contribution in [0.5, 0.6) is 5.75 Å². The molecule has 0 radical (unpaired) electrons. The van der Waals surface area contributed by atoms with Crippen LogP contribution in [0.1, 0.15) is 30.5 Å². The Kier molecular flexibility index (Phi) is 4.98. The maximum absolute atomic E-state index is 5.73. The topological polar surface area (TPSA) is 27.1 Å². The van der Waals surface area contributed by atoms with Gasteiger partial charge in [0.05, 0.1) is 17.1 Å². The molecule has 3 nitrogen and oxygen atoms in total. The number of benzene rings is 3. The summed E-state index contributed by atoms with van der Waals surface area (Å²) in [6, 6.07) is 23.0. The third-order valence-electron chi connectivity index (χ3n) is 4.60. The Balaban J connectivity index is 1.58. The molecule has 0 atom stereocenters. The van der Waals surface area contributed by atoms with Gasteiger partial charge in [0.2, 0.25) is 0 Å². The summed E-state index contributed by atoms with van der Waals surface area (Å²) in [6.07, 6.45) is 6.30. The molecule has 0 saturated heterocycles. The third-order valence-corrected chi connectivity index (χ3v) is 4.60. The number of ether oxygens (including phenoxy) is 1. The molecule has 0 saturated carbocycles. The zero-order valence-corrected chi connectivity index (χ0v) is 16.5. The Hall–Kier alpha value is -3.33. The van der Waals surface area contributed by atoms with Gasteiger partial charge < -0.3 is 4.74 Å². The lowest BCUT2D eigenvalue weighted by atomic mass is 10.1. The molecular formula is C25H24N2O. The molecule has 0 amide bonds. The number of nitrogens with zero attached hydrogens (tertiary/aromatic N) is 2. The third kappa shape index (κ3) is 3.99. The highest BCUT2D eigenvalue weighted by Crippen LogP contribution is 2.23. The van der Waals surface area contributed by atoms with Crippen LogP contribution in [0.15, 0.2) is 73.1 Å². The molecule has 0 N–H and O–H groups in total. The molecule has 1 aromatic heterocycles. The summed E-state index contributed by atoms with van der Waals surface area (Å²) < 4.78 is 7.83. The van der Waals surface area contributed by atoms with Gasteiger partial charge in [0.15, 0.2) is 0 Å². The number of hydrogen-bond donors (Lipinski definition) is 0. The Bertz CT molecular complexity index is 1100. The molecule has 3 aromatic carbocycles. The van der Waals surface area contributed by atoms with Gasteiger partial charge in [-0.3, -0.25) is 4.57 Å². The quantitative estimate of drug-likeness (QED) is 0.387. The predicted octanol–water partition coefficient (Wildman–Crippen LogP) is 6.29. The minimum Gasteiger partial charge on any atom is -0.491 e. The lowest BCUT2D eigenvalue weighted by Crippen LogP contribution is -2.05. The molecule has 0 spiro atoms. The van der Waals surface area contributed by atoms with E-state index in [0.29, 0.717) is 0 Å². The normalized spacial score (nSPS) is 11.6. The van der Waals surface area contributed by atoms with Crippen LogP contribution in [-0.2, 0) is 0 Å². The van der Waals surface area contributed by atoms with E-state index >= 15 is 0 Å². The summed E-state index contributed by atoms with van der Waals surface area (Å²) in [6.45, 7) is 6.16.